The van der Waals surface area contributed by atoms with Crippen LogP contribution in [-0.4, -0.2) is 6.54 Å². The van der Waals surface area contributed by atoms with Gasteiger partial charge in [0.05, 0.1) is 5.02 Å². The van der Waals surface area contributed by atoms with Crippen molar-refractivity contribution in [3.05, 3.63) is 58.1 Å². The molecule has 2 aromatic carbocycles. The zero-order valence-corrected chi connectivity index (χ0v) is 12.2. The molecule has 0 aliphatic heterocycles. The van der Waals surface area contributed by atoms with Gasteiger partial charge in [0.15, 0.2) is 0 Å². The fourth-order valence-electron chi connectivity index (χ4n) is 2.02. The summed E-state index contributed by atoms with van der Waals surface area (Å²) in [5.74, 6) is -0.599. The van der Waals surface area contributed by atoms with E-state index in [1.165, 1.54) is 12.1 Å². The van der Waals surface area contributed by atoms with Gasteiger partial charge < -0.3 is 5.32 Å². The maximum absolute atomic E-state index is 13.7. The maximum Gasteiger partial charge on any atom is 0.127 e. The molecule has 0 aliphatic carbocycles. The van der Waals surface area contributed by atoms with Crippen molar-refractivity contribution < 1.29 is 8.78 Å². The number of nitrogens with one attached hydrogen (secondary N) is 1. The van der Waals surface area contributed by atoms with Crippen LogP contribution in [0.4, 0.5) is 8.78 Å². The third-order valence-electron chi connectivity index (χ3n) is 3.17. The molecule has 0 bridgehead atoms. The van der Waals surface area contributed by atoms with Gasteiger partial charge in [-0.2, -0.15) is 0 Å². The van der Waals surface area contributed by atoms with Crippen LogP contribution in [-0.2, 0) is 6.54 Å². The second kappa shape index (κ2) is 6.33. The van der Waals surface area contributed by atoms with Crippen molar-refractivity contribution in [1.82, 2.24) is 5.32 Å². The lowest BCUT2D eigenvalue weighted by molar-refractivity contribution is 0.593. The summed E-state index contributed by atoms with van der Waals surface area (Å²) in [7, 11) is 0. The second-order valence-electron chi connectivity index (χ2n) is 4.67. The largest absolute Gasteiger partial charge is 0.313 e. The summed E-state index contributed by atoms with van der Waals surface area (Å²) >= 11 is 6.08. The smallest absolute Gasteiger partial charge is 0.127 e. The van der Waals surface area contributed by atoms with Crippen LogP contribution in [0.1, 0.15) is 18.1 Å². The molecule has 0 radical (unpaired) electrons. The first-order chi connectivity index (χ1) is 9.52. The van der Waals surface area contributed by atoms with Crippen molar-refractivity contribution in [2.75, 3.05) is 6.54 Å². The average molecular weight is 296 g/mol. The third kappa shape index (κ3) is 3.17. The van der Waals surface area contributed by atoms with Gasteiger partial charge in [-0.3, -0.25) is 0 Å². The van der Waals surface area contributed by atoms with Crippen LogP contribution >= 0.6 is 11.6 Å². The molecule has 1 nitrogen and oxygen atoms in total. The lowest BCUT2D eigenvalue weighted by Gasteiger charge is -2.10. The Morgan fingerprint density at radius 3 is 2.55 bits per heavy atom. The molecule has 0 saturated heterocycles. The van der Waals surface area contributed by atoms with Gasteiger partial charge in [0.2, 0.25) is 0 Å². The van der Waals surface area contributed by atoms with Gasteiger partial charge in [-0.1, -0.05) is 24.6 Å². The van der Waals surface area contributed by atoms with Gasteiger partial charge >= 0.3 is 0 Å². The van der Waals surface area contributed by atoms with Crippen LogP contribution < -0.4 is 5.32 Å². The molecular formula is C16H16ClF2N. The van der Waals surface area contributed by atoms with E-state index in [1.807, 2.05) is 6.92 Å². The minimum atomic E-state index is -0.339. The van der Waals surface area contributed by atoms with Crippen LogP contribution in [0.2, 0.25) is 5.02 Å². The van der Waals surface area contributed by atoms with Gasteiger partial charge in [0.1, 0.15) is 11.6 Å². The molecule has 0 atom stereocenters. The molecule has 2 rings (SSSR count). The Morgan fingerprint density at radius 1 is 1.10 bits per heavy atom. The lowest BCUT2D eigenvalue weighted by atomic mass is 10.0. The SMILES string of the molecule is CCNCc1cc(-c2cc(C)c(F)cc2Cl)ccc1F. The molecule has 0 heterocycles. The maximum atomic E-state index is 13.7. The first kappa shape index (κ1) is 14.9. The summed E-state index contributed by atoms with van der Waals surface area (Å²) in [5, 5.41) is 3.41. The molecule has 0 amide bonds. The van der Waals surface area contributed by atoms with Gasteiger partial charge in [-0.25, -0.2) is 8.78 Å². The molecule has 0 spiro atoms. The van der Waals surface area contributed by atoms with Gasteiger partial charge in [-0.05, 0) is 48.9 Å². The van der Waals surface area contributed by atoms with Crippen molar-refractivity contribution in [3.8, 4) is 11.1 Å². The van der Waals surface area contributed by atoms with Gasteiger partial charge in [0.25, 0.3) is 0 Å². The minimum Gasteiger partial charge on any atom is -0.313 e. The molecule has 0 aliphatic rings. The van der Waals surface area contributed by atoms with E-state index < -0.39 is 0 Å². The fourth-order valence-corrected chi connectivity index (χ4v) is 2.28. The number of aryl methyl sites for hydroxylation is 1. The average Bonchev–Trinajstić information content (AvgIpc) is 2.42. The second-order valence-corrected chi connectivity index (χ2v) is 5.07. The highest BCUT2D eigenvalue weighted by molar-refractivity contribution is 6.33. The quantitative estimate of drug-likeness (QED) is 0.862. The first-order valence-electron chi connectivity index (χ1n) is 6.48. The van der Waals surface area contributed by atoms with E-state index in [0.29, 0.717) is 28.3 Å². The Kier molecular flexibility index (Phi) is 4.73. The van der Waals surface area contributed by atoms with Crippen molar-refractivity contribution in [3.63, 3.8) is 0 Å². The minimum absolute atomic E-state index is 0.260. The molecule has 4 heteroatoms. The lowest BCUT2D eigenvalue weighted by Crippen LogP contribution is -2.13. The Morgan fingerprint density at radius 2 is 1.85 bits per heavy atom. The number of hydrogen-bond donors (Lipinski definition) is 1. The first-order valence-corrected chi connectivity index (χ1v) is 6.86. The summed E-state index contributed by atoms with van der Waals surface area (Å²) in [6.45, 7) is 4.86. The monoisotopic (exact) mass is 295 g/mol. The van der Waals surface area contributed by atoms with Crippen molar-refractivity contribution >= 4 is 11.6 Å². The highest BCUT2D eigenvalue weighted by Crippen LogP contribution is 2.31. The summed E-state index contributed by atoms with van der Waals surface area (Å²) < 4.78 is 27.2. The number of benzene rings is 2. The molecule has 0 aromatic heterocycles. The predicted octanol–water partition coefficient (Wildman–Crippen LogP) is 4.70. The Balaban J connectivity index is 2.45. The summed E-state index contributed by atoms with van der Waals surface area (Å²) in [6, 6.07) is 7.79. The Labute approximate surface area is 122 Å². The molecule has 106 valence electrons. The van der Waals surface area contributed by atoms with Crippen LogP contribution in [0.25, 0.3) is 11.1 Å². The van der Waals surface area contributed by atoms with E-state index in [9.17, 15) is 8.78 Å². The number of hydrogen-bond acceptors (Lipinski definition) is 1. The van der Waals surface area contributed by atoms with E-state index in [0.717, 1.165) is 12.1 Å². The van der Waals surface area contributed by atoms with Gasteiger partial charge in [0, 0.05) is 17.7 Å². The van der Waals surface area contributed by atoms with E-state index in [4.69, 9.17) is 11.6 Å². The summed E-state index contributed by atoms with van der Waals surface area (Å²) in [6.07, 6.45) is 0. The topological polar surface area (TPSA) is 12.0 Å². The Hall–Kier alpha value is -1.45. The summed E-state index contributed by atoms with van der Waals surface area (Å²) in [5.41, 5.74) is 2.58. The van der Waals surface area contributed by atoms with Gasteiger partial charge in [-0.15, -0.1) is 0 Å². The third-order valence-corrected chi connectivity index (χ3v) is 3.48. The Bertz CT molecular complexity index is 626. The van der Waals surface area contributed by atoms with Crippen LogP contribution in [0, 0.1) is 18.6 Å². The molecule has 1 N–H and O–H groups in total. The van der Waals surface area contributed by atoms with Crippen LogP contribution in [0.15, 0.2) is 30.3 Å². The summed E-state index contributed by atoms with van der Waals surface area (Å²) in [4.78, 5) is 0. The van der Waals surface area contributed by atoms with E-state index in [-0.39, 0.29) is 11.6 Å². The molecule has 20 heavy (non-hydrogen) atoms. The van der Waals surface area contributed by atoms with Crippen LogP contribution in [0.5, 0.6) is 0 Å². The number of halogens is 3. The molecular weight excluding hydrogens is 280 g/mol. The highest BCUT2D eigenvalue weighted by Gasteiger charge is 2.10. The normalized spacial score (nSPS) is 10.8. The predicted molar refractivity (Wildman–Crippen MR) is 78.9 cm³/mol. The highest BCUT2D eigenvalue weighted by atomic mass is 35.5. The van der Waals surface area contributed by atoms with E-state index in [2.05, 4.69) is 5.32 Å². The molecule has 0 unspecified atom stereocenters. The van der Waals surface area contributed by atoms with E-state index >= 15 is 0 Å². The van der Waals surface area contributed by atoms with Crippen LogP contribution in [0.3, 0.4) is 0 Å². The van der Waals surface area contributed by atoms with Crippen molar-refractivity contribution in [1.29, 1.82) is 0 Å². The number of rotatable bonds is 4. The van der Waals surface area contributed by atoms with Crippen molar-refractivity contribution in [2.24, 2.45) is 0 Å². The molecule has 0 fully saturated rings. The standard InChI is InChI=1S/C16H16ClF2N/c1-3-20-9-12-7-11(4-5-15(12)18)13-6-10(2)16(19)8-14(13)17/h4-8,20H,3,9H2,1-2H3. The zero-order chi connectivity index (χ0) is 14.7. The fraction of sp³-hybridized carbons (Fsp3) is 0.250. The zero-order valence-electron chi connectivity index (χ0n) is 11.4. The molecule has 2 aromatic rings. The van der Waals surface area contributed by atoms with E-state index in [1.54, 1.807) is 25.1 Å². The van der Waals surface area contributed by atoms with Crippen molar-refractivity contribution in [2.45, 2.75) is 20.4 Å². The molecule has 0 saturated carbocycles.